The zero-order valence-corrected chi connectivity index (χ0v) is 9.95. The molecule has 2 rings (SSSR count). The van der Waals surface area contributed by atoms with Crippen molar-refractivity contribution >= 4 is 11.6 Å². The molecule has 0 saturated heterocycles. The molecule has 0 radical (unpaired) electrons. The molecule has 0 atom stereocenters. The van der Waals surface area contributed by atoms with Gasteiger partial charge in [-0.2, -0.15) is 0 Å². The number of hydrogen-bond acceptors (Lipinski definition) is 2. The van der Waals surface area contributed by atoms with Crippen molar-refractivity contribution in [3.05, 3.63) is 29.6 Å². The summed E-state index contributed by atoms with van der Waals surface area (Å²) in [4.78, 5) is 14.0. The predicted octanol–water partition coefficient (Wildman–Crippen LogP) is 2.42. The highest BCUT2D eigenvalue weighted by molar-refractivity contribution is 5.95. The minimum Gasteiger partial charge on any atom is -0.399 e. The van der Waals surface area contributed by atoms with E-state index in [-0.39, 0.29) is 11.5 Å². The molecule has 1 aliphatic carbocycles. The molecule has 17 heavy (non-hydrogen) atoms. The highest BCUT2D eigenvalue weighted by atomic mass is 19.1. The van der Waals surface area contributed by atoms with Gasteiger partial charge in [0.2, 0.25) is 0 Å². The van der Waals surface area contributed by atoms with Crippen LogP contribution in [0.3, 0.4) is 0 Å². The highest BCUT2D eigenvalue weighted by Crippen LogP contribution is 2.29. The van der Waals surface area contributed by atoms with Crippen molar-refractivity contribution in [1.82, 2.24) is 4.90 Å². The number of nitrogen functional groups attached to an aromatic ring is 1. The molecule has 1 saturated carbocycles. The molecule has 0 unspecified atom stereocenters. The molecule has 3 nitrogen and oxygen atoms in total. The first-order valence-corrected chi connectivity index (χ1v) is 5.99. The van der Waals surface area contributed by atoms with E-state index in [0.717, 1.165) is 19.3 Å². The predicted molar refractivity (Wildman–Crippen MR) is 65.2 cm³/mol. The third-order valence-corrected chi connectivity index (χ3v) is 2.94. The number of nitrogens with two attached hydrogens (primary N) is 1. The molecule has 0 bridgehead atoms. The fourth-order valence-electron chi connectivity index (χ4n) is 1.94. The van der Waals surface area contributed by atoms with Crippen LogP contribution in [0.1, 0.15) is 36.5 Å². The average Bonchev–Trinajstić information content (AvgIpc) is 3.09. The van der Waals surface area contributed by atoms with E-state index in [1.807, 2.05) is 6.92 Å². The van der Waals surface area contributed by atoms with Crippen LogP contribution >= 0.6 is 0 Å². The molecule has 2 N–H and O–H groups in total. The van der Waals surface area contributed by atoms with E-state index in [9.17, 15) is 9.18 Å². The number of halogens is 1. The lowest BCUT2D eigenvalue weighted by molar-refractivity contribution is 0.0738. The van der Waals surface area contributed by atoms with Gasteiger partial charge >= 0.3 is 0 Å². The molecule has 1 aliphatic rings. The smallest absolute Gasteiger partial charge is 0.257 e. The minimum atomic E-state index is -0.531. The Labute approximate surface area is 100 Å². The summed E-state index contributed by atoms with van der Waals surface area (Å²) in [7, 11) is 0. The zero-order valence-electron chi connectivity index (χ0n) is 9.95. The van der Waals surface area contributed by atoms with E-state index < -0.39 is 5.82 Å². The quantitative estimate of drug-likeness (QED) is 0.816. The summed E-state index contributed by atoms with van der Waals surface area (Å²) in [6.45, 7) is 2.70. The summed E-state index contributed by atoms with van der Waals surface area (Å²) in [5.41, 5.74) is 5.93. The molecule has 1 fully saturated rings. The van der Waals surface area contributed by atoms with Gasteiger partial charge in [-0.1, -0.05) is 6.92 Å². The number of rotatable bonds is 4. The molecule has 0 spiro atoms. The van der Waals surface area contributed by atoms with Crippen LogP contribution < -0.4 is 5.73 Å². The first-order chi connectivity index (χ1) is 8.13. The van der Waals surface area contributed by atoms with Crippen LogP contribution in [0.4, 0.5) is 10.1 Å². The largest absolute Gasteiger partial charge is 0.399 e. The van der Waals surface area contributed by atoms with Gasteiger partial charge in [-0.25, -0.2) is 4.39 Å². The maximum atomic E-state index is 13.7. The van der Waals surface area contributed by atoms with Crippen LogP contribution in [-0.4, -0.2) is 23.4 Å². The van der Waals surface area contributed by atoms with E-state index >= 15 is 0 Å². The van der Waals surface area contributed by atoms with Crippen molar-refractivity contribution in [2.24, 2.45) is 0 Å². The summed E-state index contributed by atoms with van der Waals surface area (Å²) in [5, 5.41) is 0. The van der Waals surface area contributed by atoms with Crippen LogP contribution in [0.25, 0.3) is 0 Å². The number of carbonyl (C=O) groups excluding carboxylic acids is 1. The highest BCUT2D eigenvalue weighted by Gasteiger charge is 2.33. The Balaban J connectivity index is 2.22. The van der Waals surface area contributed by atoms with E-state index in [2.05, 4.69) is 0 Å². The number of hydrogen-bond donors (Lipinski definition) is 1. The van der Waals surface area contributed by atoms with Gasteiger partial charge in [-0.3, -0.25) is 4.79 Å². The Morgan fingerprint density at radius 2 is 2.24 bits per heavy atom. The van der Waals surface area contributed by atoms with Gasteiger partial charge in [-0.05, 0) is 37.5 Å². The van der Waals surface area contributed by atoms with Crippen LogP contribution in [-0.2, 0) is 0 Å². The van der Waals surface area contributed by atoms with Gasteiger partial charge < -0.3 is 10.6 Å². The van der Waals surface area contributed by atoms with Crippen molar-refractivity contribution in [2.75, 3.05) is 12.3 Å². The number of benzene rings is 1. The molecule has 4 heteroatoms. The van der Waals surface area contributed by atoms with E-state index in [1.165, 1.54) is 12.1 Å². The molecule has 0 aliphatic heterocycles. The van der Waals surface area contributed by atoms with Crippen molar-refractivity contribution < 1.29 is 9.18 Å². The van der Waals surface area contributed by atoms with Crippen molar-refractivity contribution in [1.29, 1.82) is 0 Å². The monoisotopic (exact) mass is 236 g/mol. The Morgan fingerprint density at radius 1 is 1.53 bits per heavy atom. The first kappa shape index (κ1) is 11.9. The maximum Gasteiger partial charge on any atom is 0.257 e. The van der Waals surface area contributed by atoms with Crippen LogP contribution in [0.2, 0.25) is 0 Å². The molecular formula is C13H17FN2O. The van der Waals surface area contributed by atoms with Crippen molar-refractivity contribution in [3.8, 4) is 0 Å². The lowest BCUT2D eigenvalue weighted by Gasteiger charge is -2.22. The SMILES string of the molecule is CCCN(C(=O)c1ccc(N)cc1F)C1CC1. The lowest BCUT2D eigenvalue weighted by atomic mass is 10.1. The summed E-state index contributed by atoms with van der Waals surface area (Å²) in [6.07, 6.45) is 2.95. The van der Waals surface area contributed by atoms with Crippen molar-refractivity contribution in [2.45, 2.75) is 32.2 Å². The van der Waals surface area contributed by atoms with Gasteiger partial charge in [0.1, 0.15) is 5.82 Å². The molecule has 0 aromatic heterocycles. The van der Waals surface area contributed by atoms with E-state index in [4.69, 9.17) is 5.73 Å². The lowest BCUT2D eigenvalue weighted by Crippen LogP contribution is -2.34. The third kappa shape index (κ3) is 2.57. The Hall–Kier alpha value is -1.58. The molecule has 1 aromatic rings. The van der Waals surface area contributed by atoms with Gasteiger partial charge in [0, 0.05) is 18.3 Å². The summed E-state index contributed by atoms with van der Waals surface area (Å²) >= 11 is 0. The van der Waals surface area contributed by atoms with E-state index in [0.29, 0.717) is 18.3 Å². The summed E-state index contributed by atoms with van der Waals surface area (Å²) < 4.78 is 13.7. The van der Waals surface area contributed by atoms with Gasteiger partial charge in [0.15, 0.2) is 0 Å². The number of amides is 1. The van der Waals surface area contributed by atoms with Gasteiger partial charge in [0.05, 0.1) is 5.56 Å². The molecule has 0 heterocycles. The minimum absolute atomic E-state index is 0.125. The second-order valence-electron chi connectivity index (χ2n) is 4.47. The van der Waals surface area contributed by atoms with E-state index in [1.54, 1.807) is 11.0 Å². The topological polar surface area (TPSA) is 46.3 Å². The average molecular weight is 236 g/mol. The summed E-state index contributed by atoms with van der Waals surface area (Å²) in [6, 6.07) is 4.54. The van der Waals surface area contributed by atoms with Crippen molar-refractivity contribution in [3.63, 3.8) is 0 Å². The molecule has 1 amide bonds. The second-order valence-corrected chi connectivity index (χ2v) is 4.47. The standard InChI is InChI=1S/C13H17FN2O/c1-2-7-16(10-4-5-10)13(17)11-6-3-9(15)8-12(11)14/h3,6,8,10H,2,4-5,7,15H2,1H3. The number of carbonyl (C=O) groups is 1. The molecule has 1 aromatic carbocycles. The third-order valence-electron chi connectivity index (χ3n) is 2.94. The first-order valence-electron chi connectivity index (χ1n) is 5.99. The second kappa shape index (κ2) is 4.73. The summed E-state index contributed by atoms with van der Waals surface area (Å²) in [5.74, 6) is -0.747. The molecular weight excluding hydrogens is 219 g/mol. The Kier molecular flexibility index (Phi) is 3.31. The molecule has 92 valence electrons. The van der Waals surface area contributed by atoms with Crippen LogP contribution in [0.15, 0.2) is 18.2 Å². The van der Waals surface area contributed by atoms with Gasteiger partial charge in [-0.15, -0.1) is 0 Å². The maximum absolute atomic E-state index is 13.7. The van der Waals surface area contributed by atoms with Crippen LogP contribution in [0.5, 0.6) is 0 Å². The normalized spacial score (nSPS) is 14.7. The Morgan fingerprint density at radius 3 is 2.76 bits per heavy atom. The Bertz CT molecular complexity index is 429. The fraction of sp³-hybridized carbons (Fsp3) is 0.462. The fourth-order valence-corrected chi connectivity index (χ4v) is 1.94. The van der Waals surface area contributed by atoms with Gasteiger partial charge in [0.25, 0.3) is 5.91 Å². The number of anilines is 1. The number of nitrogens with zero attached hydrogens (tertiary/aromatic N) is 1. The van der Waals surface area contributed by atoms with Crippen LogP contribution in [0, 0.1) is 5.82 Å². The zero-order chi connectivity index (χ0) is 12.4.